The third kappa shape index (κ3) is 4.24. The van der Waals surface area contributed by atoms with Crippen molar-refractivity contribution in [3.05, 3.63) is 63.5 Å². The molecule has 3 rings (SSSR count). The first-order chi connectivity index (χ1) is 12.0. The van der Waals surface area contributed by atoms with E-state index < -0.39 is 5.97 Å². The van der Waals surface area contributed by atoms with Gasteiger partial charge in [-0.25, -0.2) is 9.78 Å². The number of rotatable bonds is 6. The molecule has 0 aliphatic heterocycles. The van der Waals surface area contributed by atoms with E-state index in [1.165, 1.54) is 27.4 Å². The van der Waals surface area contributed by atoms with Crippen LogP contribution in [0.2, 0.25) is 0 Å². The Kier molecular flexibility index (Phi) is 5.14. The lowest BCUT2D eigenvalue weighted by Crippen LogP contribution is -2.17. The average molecular weight is 358 g/mol. The first-order valence-corrected chi connectivity index (χ1v) is 8.75. The van der Waals surface area contributed by atoms with Crippen molar-refractivity contribution < 1.29 is 14.3 Å². The Morgan fingerprint density at radius 2 is 2.04 bits per heavy atom. The summed E-state index contributed by atoms with van der Waals surface area (Å²) in [6, 6.07) is 8.96. The number of nitrogens with zero attached hydrogens (tertiary/aromatic N) is 2. The van der Waals surface area contributed by atoms with Gasteiger partial charge in [0.2, 0.25) is 0 Å². The lowest BCUT2D eigenvalue weighted by atomic mass is 10.0. The highest BCUT2D eigenvalue weighted by Gasteiger charge is 2.08. The molecule has 0 saturated carbocycles. The van der Waals surface area contributed by atoms with Crippen LogP contribution >= 0.6 is 11.3 Å². The molecule has 130 valence electrons. The molecule has 0 N–H and O–H groups in total. The maximum atomic E-state index is 11.9. The van der Waals surface area contributed by atoms with E-state index in [1.807, 2.05) is 24.3 Å². The molecule has 25 heavy (non-hydrogen) atoms. The van der Waals surface area contributed by atoms with Crippen LogP contribution in [0.1, 0.15) is 31.0 Å². The lowest BCUT2D eigenvalue weighted by Gasteiger charge is -2.09. The summed E-state index contributed by atoms with van der Waals surface area (Å²) >= 11 is 1.35. The summed E-state index contributed by atoms with van der Waals surface area (Å²) in [5, 5.41) is 1.78. The SMILES string of the molecule is CC(C)c1ccc(OCC(=O)OCc2cc(=O)n3ccsc3n2)cc1. The van der Waals surface area contributed by atoms with Crippen molar-refractivity contribution in [1.29, 1.82) is 0 Å². The Morgan fingerprint density at radius 3 is 2.76 bits per heavy atom. The molecule has 3 aromatic rings. The summed E-state index contributed by atoms with van der Waals surface area (Å²) in [6.45, 7) is 3.97. The first-order valence-electron chi connectivity index (χ1n) is 7.87. The number of ether oxygens (including phenoxy) is 2. The van der Waals surface area contributed by atoms with Crippen molar-refractivity contribution in [1.82, 2.24) is 9.38 Å². The Hall–Kier alpha value is -2.67. The molecule has 6 nitrogen and oxygen atoms in total. The highest BCUT2D eigenvalue weighted by Crippen LogP contribution is 2.18. The van der Waals surface area contributed by atoms with Gasteiger partial charge in [-0.1, -0.05) is 26.0 Å². The van der Waals surface area contributed by atoms with Gasteiger partial charge in [0.1, 0.15) is 12.4 Å². The number of hydrogen-bond donors (Lipinski definition) is 0. The summed E-state index contributed by atoms with van der Waals surface area (Å²) in [5.74, 6) is 0.537. The minimum Gasteiger partial charge on any atom is -0.482 e. The molecule has 0 saturated heterocycles. The van der Waals surface area contributed by atoms with Crippen molar-refractivity contribution in [3.63, 3.8) is 0 Å². The highest BCUT2D eigenvalue weighted by molar-refractivity contribution is 7.15. The van der Waals surface area contributed by atoms with Crippen LogP contribution < -0.4 is 10.3 Å². The maximum Gasteiger partial charge on any atom is 0.344 e. The number of esters is 1. The molecule has 0 fully saturated rings. The van der Waals surface area contributed by atoms with Crippen LogP contribution in [0.4, 0.5) is 0 Å². The zero-order chi connectivity index (χ0) is 17.8. The molecule has 0 amide bonds. The van der Waals surface area contributed by atoms with Crippen LogP contribution in [-0.4, -0.2) is 22.0 Å². The quantitative estimate of drug-likeness (QED) is 0.634. The fourth-order valence-corrected chi connectivity index (χ4v) is 2.99. The van der Waals surface area contributed by atoms with E-state index in [1.54, 1.807) is 11.6 Å². The van der Waals surface area contributed by atoms with Crippen molar-refractivity contribution >= 4 is 22.3 Å². The minimum absolute atomic E-state index is 0.0574. The summed E-state index contributed by atoms with van der Waals surface area (Å²) in [4.78, 5) is 28.5. The summed E-state index contributed by atoms with van der Waals surface area (Å²) in [6.07, 6.45) is 1.66. The third-order valence-electron chi connectivity index (χ3n) is 3.64. The van der Waals surface area contributed by atoms with Crippen LogP contribution in [0.3, 0.4) is 0 Å². The molecule has 0 aliphatic rings. The predicted octanol–water partition coefficient (Wildman–Crippen LogP) is 3.00. The molecule has 0 aliphatic carbocycles. The molecular weight excluding hydrogens is 340 g/mol. The number of hydrogen-bond acceptors (Lipinski definition) is 6. The van der Waals surface area contributed by atoms with Crippen LogP contribution in [0, 0.1) is 0 Å². The Labute approximate surface area is 148 Å². The predicted molar refractivity (Wildman–Crippen MR) is 95.2 cm³/mol. The second-order valence-corrected chi connectivity index (χ2v) is 6.69. The van der Waals surface area contributed by atoms with Crippen molar-refractivity contribution in [2.24, 2.45) is 0 Å². The molecule has 2 aromatic heterocycles. The molecule has 0 unspecified atom stereocenters. The van der Waals surface area contributed by atoms with E-state index in [0.717, 1.165) is 0 Å². The van der Waals surface area contributed by atoms with Crippen molar-refractivity contribution in [2.75, 3.05) is 6.61 Å². The van der Waals surface area contributed by atoms with Gasteiger partial charge in [0.15, 0.2) is 11.6 Å². The Morgan fingerprint density at radius 1 is 1.28 bits per heavy atom. The van der Waals surface area contributed by atoms with Crippen LogP contribution in [0.5, 0.6) is 5.75 Å². The molecule has 1 aromatic carbocycles. The third-order valence-corrected chi connectivity index (χ3v) is 4.40. The zero-order valence-electron chi connectivity index (χ0n) is 14.0. The molecular formula is C18H18N2O4S. The molecule has 0 bridgehead atoms. The Balaban J connectivity index is 1.52. The van der Waals surface area contributed by atoms with Gasteiger partial charge in [0.05, 0.1) is 5.69 Å². The van der Waals surface area contributed by atoms with Crippen LogP contribution in [-0.2, 0) is 16.1 Å². The molecule has 0 spiro atoms. The Bertz CT molecular complexity index is 928. The minimum atomic E-state index is -0.513. The first kappa shape index (κ1) is 17.2. The van der Waals surface area contributed by atoms with E-state index in [-0.39, 0.29) is 18.8 Å². The van der Waals surface area contributed by atoms with Crippen LogP contribution in [0.15, 0.2) is 46.7 Å². The van der Waals surface area contributed by atoms with Gasteiger partial charge in [-0.15, -0.1) is 11.3 Å². The normalized spacial score (nSPS) is 11.0. The second-order valence-electron chi connectivity index (χ2n) is 5.81. The summed E-state index contributed by atoms with van der Waals surface area (Å²) in [7, 11) is 0. The van der Waals surface area contributed by atoms with Gasteiger partial charge in [-0.3, -0.25) is 9.20 Å². The molecule has 0 atom stereocenters. The monoisotopic (exact) mass is 358 g/mol. The number of carbonyl (C=O) groups is 1. The number of aromatic nitrogens is 2. The fraction of sp³-hybridized carbons (Fsp3) is 0.278. The highest BCUT2D eigenvalue weighted by atomic mass is 32.1. The molecule has 7 heteroatoms. The lowest BCUT2D eigenvalue weighted by molar-refractivity contribution is -0.147. The fourth-order valence-electron chi connectivity index (χ4n) is 2.25. The van der Waals surface area contributed by atoms with E-state index in [0.29, 0.717) is 22.3 Å². The van der Waals surface area contributed by atoms with Gasteiger partial charge in [0.25, 0.3) is 5.56 Å². The van der Waals surface area contributed by atoms with E-state index in [4.69, 9.17) is 9.47 Å². The average Bonchev–Trinajstić information content (AvgIpc) is 3.07. The molecule has 2 heterocycles. The largest absolute Gasteiger partial charge is 0.482 e. The zero-order valence-corrected chi connectivity index (χ0v) is 14.8. The second kappa shape index (κ2) is 7.48. The van der Waals surface area contributed by atoms with Gasteiger partial charge < -0.3 is 9.47 Å². The number of fused-ring (bicyclic) bond motifs is 1. The van der Waals surface area contributed by atoms with Crippen molar-refractivity contribution in [3.8, 4) is 5.75 Å². The number of thiazole rings is 1. The number of carbonyl (C=O) groups excluding carboxylic acids is 1. The van der Waals surface area contributed by atoms with E-state index in [2.05, 4.69) is 18.8 Å². The van der Waals surface area contributed by atoms with Gasteiger partial charge >= 0.3 is 5.97 Å². The summed E-state index contributed by atoms with van der Waals surface area (Å²) in [5.41, 5.74) is 1.43. The molecule has 0 radical (unpaired) electrons. The topological polar surface area (TPSA) is 69.9 Å². The summed E-state index contributed by atoms with van der Waals surface area (Å²) < 4.78 is 12.0. The van der Waals surface area contributed by atoms with Gasteiger partial charge in [0, 0.05) is 17.6 Å². The maximum absolute atomic E-state index is 11.9. The van der Waals surface area contributed by atoms with Gasteiger partial charge in [-0.05, 0) is 23.6 Å². The number of benzene rings is 1. The van der Waals surface area contributed by atoms with Crippen LogP contribution in [0.25, 0.3) is 4.96 Å². The van der Waals surface area contributed by atoms with E-state index >= 15 is 0 Å². The smallest absolute Gasteiger partial charge is 0.344 e. The van der Waals surface area contributed by atoms with E-state index in [9.17, 15) is 9.59 Å². The standard InChI is InChI=1S/C18H18N2O4S/c1-12(2)13-3-5-15(6-4-13)23-11-17(22)24-10-14-9-16(21)20-7-8-25-18(20)19-14/h3-9,12H,10-11H2,1-2H3. The van der Waals surface area contributed by atoms with Gasteiger partial charge in [-0.2, -0.15) is 0 Å². The van der Waals surface area contributed by atoms with Crippen molar-refractivity contribution in [2.45, 2.75) is 26.4 Å².